The first-order valence-electron chi connectivity index (χ1n) is 6.13. The highest BCUT2D eigenvalue weighted by molar-refractivity contribution is 9.10. The summed E-state index contributed by atoms with van der Waals surface area (Å²) >= 11 is 3.11. The molecule has 20 heavy (non-hydrogen) atoms. The van der Waals surface area contributed by atoms with E-state index in [0.717, 1.165) is 11.6 Å². The standard InChI is InChI=1S/C14H14BrF2N3/c1-2-19-13(9-4-3-7-20-14(9)18)8-5-6-10(16)12(17)11(8)15/h3-7,13,19H,2H2,1H3,(H2,18,20). The fraction of sp³-hybridized carbons (Fsp3) is 0.214. The molecule has 1 heterocycles. The Bertz CT molecular complexity index is 619. The van der Waals surface area contributed by atoms with Gasteiger partial charge in [0.15, 0.2) is 11.6 Å². The zero-order valence-electron chi connectivity index (χ0n) is 10.8. The van der Waals surface area contributed by atoms with Gasteiger partial charge in [-0.15, -0.1) is 0 Å². The van der Waals surface area contributed by atoms with E-state index in [4.69, 9.17) is 5.73 Å². The Labute approximate surface area is 124 Å². The van der Waals surface area contributed by atoms with Crippen molar-refractivity contribution in [3.8, 4) is 0 Å². The molecule has 3 nitrogen and oxygen atoms in total. The SMILES string of the molecule is CCNC(c1cccnc1N)c1ccc(F)c(F)c1Br. The lowest BCUT2D eigenvalue weighted by molar-refractivity contribution is 0.498. The second kappa shape index (κ2) is 6.28. The third kappa shape index (κ3) is 2.81. The molecule has 2 rings (SSSR count). The van der Waals surface area contributed by atoms with Gasteiger partial charge in [0.1, 0.15) is 5.82 Å². The maximum absolute atomic E-state index is 13.7. The maximum Gasteiger partial charge on any atom is 0.173 e. The summed E-state index contributed by atoms with van der Waals surface area (Å²) in [5.41, 5.74) is 7.17. The lowest BCUT2D eigenvalue weighted by Crippen LogP contribution is -2.24. The fourth-order valence-electron chi connectivity index (χ4n) is 2.03. The van der Waals surface area contributed by atoms with Crippen molar-refractivity contribution >= 4 is 21.7 Å². The minimum Gasteiger partial charge on any atom is -0.383 e. The van der Waals surface area contributed by atoms with E-state index in [9.17, 15) is 8.78 Å². The van der Waals surface area contributed by atoms with Gasteiger partial charge in [0.05, 0.1) is 10.5 Å². The molecular weight excluding hydrogens is 328 g/mol. The maximum atomic E-state index is 13.7. The lowest BCUT2D eigenvalue weighted by atomic mass is 9.99. The molecule has 106 valence electrons. The summed E-state index contributed by atoms with van der Waals surface area (Å²) in [6, 6.07) is 5.83. The molecule has 6 heteroatoms. The number of nitrogen functional groups attached to an aromatic ring is 1. The normalized spacial score (nSPS) is 12.4. The Hall–Kier alpha value is -1.53. The number of benzene rings is 1. The van der Waals surface area contributed by atoms with Crippen molar-refractivity contribution in [1.29, 1.82) is 0 Å². The van der Waals surface area contributed by atoms with Gasteiger partial charge in [-0.3, -0.25) is 0 Å². The molecule has 1 unspecified atom stereocenters. The van der Waals surface area contributed by atoms with Crippen molar-refractivity contribution < 1.29 is 8.78 Å². The Balaban J connectivity index is 2.55. The third-order valence-corrected chi connectivity index (χ3v) is 3.77. The van der Waals surface area contributed by atoms with E-state index in [0.29, 0.717) is 17.9 Å². The molecule has 1 atom stereocenters. The molecule has 1 aromatic heterocycles. The van der Waals surface area contributed by atoms with Crippen molar-refractivity contribution in [3.05, 3.63) is 57.7 Å². The third-order valence-electron chi connectivity index (χ3n) is 2.97. The summed E-state index contributed by atoms with van der Waals surface area (Å²) < 4.78 is 27.0. The van der Waals surface area contributed by atoms with Gasteiger partial charge >= 0.3 is 0 Å². The van der Waals surface area contributed by atoms with Crippen LogP contribution >= 0.6 is 15.9 Å². The molecule has 1 aromatic carbocycles. The van der Waals surface area contributed by atoms with Crippen LogP contribution in [0.5, 0.6) is 0 Å². The van der Waals surface area contributed by atoms with E-state index in [1.165, 1.54) is 6.07 Å². The van der Waals surface area contributed by atoms with Crippen LogP contribution in [0.2, 0.25) is 0 Å². The topological polar surface area (TPSA) is 50.9 Å². The van der Waals surface area contributed by atoms with Gasteiger partial charge in [-0.1, -0.05) is 19.1 Å². The van der Waals surface area contributed by atoms with Crippen molar-refractivity contribution in [3.63, 3.8) is 0 Å². The van der Waals surface area contributed by atoms with Crippen LogP contribution < -0.4 is 11.1 Å². The Morgan fingerprint density at radius 2 is 2.05 bits per heavy atom. The van der Waals surface area contributed by atoms with E-state index < -0.39 is 11.6 Å². The molecule has 0 spiro atoms. The highest BCUT2D eigenvalue weighted by Gasteiger charge is 2.21. The van der Waals surface area contributed by atoms with Gasteiger partial charge in [-0.2, -0.15) is 0 Å². The summed E-state index contributed by atoms with van der Waals surface area (Å²) in [6.45, 7) is 2.57. The number of hydrogen-bond acceptors (Lipinski definition) is 3. The van der Waals surface area contributed by atoms with Gasteiger partial charge in [-0.25, -0.2) is 13.8 Å². The highest BCUT2D eigenvalue weighted by Crippen LogP contribution is 2.33. The molecular formula is C14H14BrF2N3. The molecule has 0 aliphatic rings. The number of hydrogen-bond donors (Lipinski definition) is 2. The Morgan fingerprint density at radius 3 is 2.70 bits per heavy atom. The Kier molecular flexibility index (Phi) is 4.67. The van der Waals surface area contributed by atoms with Crippen LogP contribution in [0.1, 0.15) is 24.1 Å². The quantitative estimate of drug-likeness (QED) is 0.838. The van der Waals surface area contributed by atoms with Crippen molar-refractivity contribution in [2.45, 2.75) is 13.0 Å². The van der Waals surface area contributed by atoms with Crippen LogP contribution in [0.4, 0.5) is 14.6 Å². The summed E-state index contributed by atoms with van der Waals surface area (Å²) in [5.74, 6) is -1.45. The molecule has 0 radical (unpaired) electrons. The number of rotatable bonds is 4. The van der Waals surface area contributed by atoms with Crippen LogP contribution in [0.3, 0.4) is 0 Å². The molecule has 0 saturated heterocycles. The smallest absolute Gasteiger partial charge is 0.173 e. The predicted molar refractivity (Wildman–Crippen MR) is 78.2 cm³/mol. The number of aromatic nitrogens is 1. The molecule has 0 saturated carbocycles. The fourth-order valence-corrected chi connectivity index (χ4v) is 2.58. The van der Waals surface area contributed by atoms with Crippen molar-refractivity contribution in [1.82, 2.24) is 10.3 Å². The molecule has 0 amide bonds. The van der Waals surface area contributed by atoms with Gasteiger partial charge in [-0.05, 0) is 40.2 Å². The van der Waals surface area contributed by atoms with E-state index >= 15 is 0 Å². The average Bonchev–Trinajstić information content (AvgIpc) is 2.44. The zero-order valence-corrected chi connectivity index (χ0v) is 12.4. The minimum absolute atomic E-state index is 0.0895. The minimum atomic E-state index is -0.909. The summed E-state index contributed by atoms with van der Waals surface area (Å²) in [5, 5.41) is 3.20. The first kappa shape index (κ1) is 14.9. The molecule has 3 N–H and O–H groups in total. The van der Waals surface area contributed by atoms with E-state index in [1.54, 1.807) is 12.3 Å². The van der Waals surface area contributed by atoms with E-state index in [-0.39, 0.29) is 10.5 Å². The molecule has 0 aliphatic heterocycles. The molecule has 0 fully saturated rings. The van der Waals surface area contributed by atoms with Crippen LogP contribution in [0, 0.1) is 11.6 Å². The van der Waals surface area contributed by atoms with E-state index in [2.05, 4.69) is 26.2 Å². The predicted octanol–water partition coefficient (Wildman–Crippen LogP) is 3.40. The van der Waals surface area contributed by atoms with Gasteiger partial charge in [0.2, 0.25) is 0 Å². The largest absolute Gasteiger partial charge is 0.383 e. The lowest BCUT2D eigenvalue weighted by Gasteiger charge is -2.21. The first-order chi connectivity index (χ1) is 9.56. The van der Waals surface area contributed by atoms with Gasteiger partial charge < -0.3 is 11.1 Å². The summed E-state index contributed by atoms with van der Waals surface area (Å²) in [6.07, 6.45) is 1.59. The average molecular weight is 342 g/mol. The number of nitrogens with one attached hydrogen (secondary N) is 1. The number of anilines is 1. The van der Waals surface area contributed by atoms with Crippen LogP contribution in [-0.2, 0) is 0 Å². The van der Waals surface area contributed by atoms with Crippen LogP contribution in [0.25, 0.3) is 0 Å². The second-order valence-electron chi connectivity index (χ2n) is 4.23. The second-order valence-corrected chi connectivity index (χ2v) is 5.03. The number of halogens is 3. The van der Waals surface area contributed by atoms with Gasteiger partial charge in [0.25, 0.3) is 0 Å². The number of nitrogens with zero attached hydrogens (tertiary/aromatic N) is 1. The highest BCUT2D eigenvalue weighted by atomic mass is 79.9. The monoisotopic (exact) mass is 341 g/mol. The van der Waals surface area contributed by atoms with Crippen LogP contribution in [0.15, 0.2) is 34.9 Å². The van der Waals surface area contributed by atoms with Crippen LogP contribution in [-0.4, -0.2) is 11.5 Å². The Morgan fingerprint density at radius 1 is 1.30 bits per heavy atom. The van der Waals surface area contributed by atoms with Crippen molar-refractivity contribution in [2.24, 2.45) is 0 Å². The van der Waals surface area contributed by atoms with Gasteiger partial charge in [0, 0.05) is 11.8 Å². The molecule has 2 aromatic rings. The first-order valence-corrected chi connectivity index (χ1v) is 6.92. The number of pyridine rings is 1. The van der Waals surface area contributed by atoms with E-state index in [1.807, 2.05) is 13.0 Å². The number of nitrogens with two attached hydrogens (primary N) is 1. The summed E-state index contributed by atoms with van der Waals surface area (Å²) in [4.78, 5) is 4.03. The summed E-state index contributed by atoms with van der Waals surface area (Å²) in [7, 11) is 0. The molecule has 0 bridgehead atoms. The van der Waals surface area contributed by atoms with Crippen molar-refractivity contribution in [2.75, 3.05) is 12.3 Å². The zero-order chi connectivity index (χ0) is 14.7. The molecule has 0 aliphatic carbocycles.